The number of carbonyl (C=O) groups is 2. The number of rotatable bonds is 6. The van der Waals surface area contributed by atoms with Gasteiger partial charge in [-0.15, -0.1) is 0 Å². The maximum absolute atomic E-state index is 12.3. The van der Waals surface area contributed by atoms with Crippen LogP contribution in [0.15, 0.2) is 0 Å². The van der Waals surface area contributed by atoms with Gasteiger partial charge in [0, 0.05) is 11.1 Å². The molecule has 0 bridgehead atoms. The quantitative estimate of drug-likeness (QED) is 0.706. The smallest absolute Gasteiger partial charge is 0.323 e. The molecule has 124 valence electrons. The predicted octanol–water partition coefficient (Wildman–Crippen LogP) is 2.77. The summed E-state index contributed by atoms with van der Waals surface area (Å²) in [7, 11) is 0. The van der Waals surface area contributed by atoms with Crippen LogP contribution in [-0.2, 0) is 19.1 Å². The Hall–Kier alpha value is -1.10. The Morgan fingerprint density at radius 3 is 1.67 bits per heavy atom. The molecular weight excluding hydrogens is 270 g/mol. The molecule has 0 radical (unpaired) electrons. The lowest BCUT2D eigenvalue weighted by molar-refractivity contribution is -0.162. The van der Waals surface area contributed by atoms with Crippen molar-refractivity contribution in [1.29, 1.82) is 0 Å². The van der Waals surface area contributed by atoms with Gasteiger partial charge in [0.1, 0.15) is 6.04 Å². The van der Waals surface area contributed by atoms with Gasteiger partial charge in [-0.3, -0.25) is 14.5 Å². The number of ether oxygens (including phenoxy) is 2. The van der Waals surface area contributed by atoms with Gasteiger partial charge in [0.2, 0.25) is 0 Å². The zero-order valence-electron chi connectivity index (χ0n) is 14.8. The molecule has 0 aliphatic rings. The Labute approximate surface area is 129 Å². The zero-order valence-corrected chi connectivity index (χ0v) is 14.8. The number of hydrogen-bond donors (Lipinski definition) is 0. The number of hydrogen-bond acceptors (Lipinski definition) is 5. The van der Waals surface area contributed by atoms with E-state index in [0.29, 0.717) is 13.2 Å². The van der Waals surface area contributed by atoms with Crippen LogP contribution in [-0.4, -0.2) is 47.2 Å². The molecule has 0 saturated carbocycles. The molecule has 0 saturated heterocycles. The standard InChI is InChI=1S/C16H31NO4/c1-9-20-13(18)11-12(14(19)21-10-2)17(15(3,4)5)16(6,7)8/h12H,9-11H2,1-8H3. The normalized spacial score (nSPS) is 14.0. The first kappa shape index (κ1) is 19.9. The van der Waals surface area contributed by atoms with Crippen LogP contribution < -0.4 is 0 Å². The first-order chi connectivity index (χ1) is 9.45. The van der Waals surface area contributed by atoms with Gasteiger partial charge >= 0.3 is 11.9 Å². The molecule has 1 unspecified atom stereocenters. The number of carbonyl (C=O) groups excluding carboxylic acids is 2. The summed E-state index contributed by atoms with van der Waals surface area (Å²) in [5.74, 6) is -0.760. The third-order valence-electron chi connectivity index (χ3n) is 2.98. The monoisotopic (exact) mass is 301 g/mol. The van der Waals surface area contributed by atoms with Crippen LogP contribution in [0.3, 0.4) is 0 Å². The van der Waals surface area contributed by atoms with E-state index in [1.807, 2.05) is 46.4 Å². The second-order valence-corrected chi connectivity index (χ2v) is 6.99. The van der Waals surface area contributed by atoms with E-state index in [1.54, 1.807) is 13.8 Å². The van der Waals surface area contributed by atoms with Gasteiger partial charge in [-0.1, -0.05) is 0 Å². The van der Waals surface area contributed by atoms with Crippen LogP contribution in [0.5, 0.6) is 0 Å². The highest BCUT2D eigenvalue weighted by molar-refractivity contribution is 5.83. The van der Waals surface area contributed by atoms with Crippen molar-refractivity contribution in [3.63, 3.8) is 0 Å². The van der Waals surface area contributed by atoms with Crippen molar-refractivity contribution in [2.45, 2.75) is 78.9 Å². The summed E-state index contributed by atoms with van der Waals surface area (Å²) in [5, 5.41) is 0. The van der Waals surface area contributed by atoms with Crippen LogP contribution in [0.1, 0.15) is 61.8 Å². The Bertz CT molecular complexity index is 338. The van der Waals surface area contributed by atoms with Crippen LogP contribution >= 0.6 is 0 Å². The van der Waals surface area contributed by atoms with Crippen LogP contribution in [0.4, 0.5) is 0 Å². The third-order valence-corrected chi connectivity index (χ3v) is 2.98. The number of nitrogens with zero attached hydrogens (tertiary/aromatic N) is 1. The fourth-order valence-corrected chi connectivity index (χ4v) is 2.84. The van der Waals surface area contributed by atoms with Crippen molar-refractivity contribution in [3.8, 4) is 0 Å². The molecule has 0 aromatic heterocycles. The van der Waals surface area contributed by atoms with Gasteiger partial charge in [0.15, 0.2) is 0 Å². The van der Waals surface area contributed by atoms with E-state index in [4.69, 9.17) is 9.47 Å². The molecule has 0 fully saturated rings. The lowest BCUT2D eigenvalue weighted by Crippen LogP contribution is -2.60. The summed E-state index contributed by atoms with van der Waals surface area (Å²) in [6, 6.07) is -0.649. The summed E-state index contributed by atoms with van der Waals surface area (Å²) in [6.07, 6.45) is 0.00120. The van der Waals surface area contributed by atoms with E-state index in [0.717, 1.165) is 0 Å². The molecule has 0 heterocycles. The summed E-state index contributed by atoms with van der Waals surface area (Å²) >= 11 is 0. The zero-order chi connectivity index (χ0) is 16.8. The third kappa shape index (κ3) is 6.46. The van der Waals surface area contributed by atoms with Gasteiger partial charge < -0.3 is 9.47 Å². The molecule has 21 heavy (non-hydrogen) atoms. The Morgan fingerprint density at radius 1 is 0.905 bits per heavy atom. The van der Waals surface area contributed by atoms with Crippen molar-refractivity contribution in [3.05, 3.63) is 0 Å². The fourth-order valence-electron chi connectivity index (χ4n) is 2.84. The molecular formula is C16H31NO4. The molecule has 0 amide bonds. The van der Waals surface area contributed by atoms with Gasteiger partial charge in [0.25, 0.3) is 0 Å². The molecule has 0 N–H and O–H groups in total. The van der Waals surface area contributed by atoms with E-state index >= 15 is 0 Å². The van der Waals surface area contributed by atoms with Crippen LogP contribution in [0, 0.1) is 0 Å². The number of esters is 2. The summed E-state index contributed by atoms with van der Waals surface area (Å²) < 4.78 is 10.2. The molecule has 0 spiro atoms. The Balaban J connectivity index is 5.50. The second kappa shape index (κ2) is 7.78. The SMILES string of the molecule is CCOC(=O)CC(C(=O)OCC)N(C(C)(C)C)C(C)(C)C. The van der Waals surface area contributed by atoms with E-state index in [2.05, 4.69) is 0 Å². The first-order valence-electron chi connectivity index (χ1n) is 7.56. The average molecular weight is 301 g/mol. The maximum atomic E-state index is 12.3. The van der Waals surface area contributed by atoms with Crippen molar-refractivity contribution >= 4 is 11.9 Å². The molecule has 0 aromatic carbocycles. The summed E-state index contributed by atoms with van der Waals surface area (Å²) in [6.45, 7) is 16.3. The van der Waals surface area contributed by atoms with E-state index in [1.165, 1.54) is 0 Å². The predicted molar refractivity (Wildman–Crippen MR) is 83.0 cm³/mol. The minimum atomic E-state index is -0.649. The topological polar surface area (TPSA) is 55.8 Å². The van der Waals surface area contributed by atoms with Crippen molar-refractivity contribution in [2.24, 2.45) is 0 Å². The second-order valence-electron chi connectivity index (χ2n) is 6.99. The summed E-state index contributed by atoms with van der Waals surface area (Å²) in [5.41, 5.74) is -0.579. The van der Waals surface area contributed by atoms with Crippen molar-refractivity contribution in [1.82, 2.24) is 4.90 Å². The lowest BCUT2D eigenvalue weighted by Gasteiger charge is -2.48. The molecule has 5 heteroatoms. The molecule has 1 atom stereocenters. The summed E-state index contributed by atoms with van der Waals surface area (Å²) in [4.78, 5) is 26.2. The average Bonchev–Trinajstić information content (AvgIpc) is 2.24. The van der Waals surface area contributed by atoms with Gasteiger partial charge in [0.05, 0.1) is 19.6 Å². The molecule has 5 nitrogen and oxygen atoms in total. The minimum absolute atomic E-state index is 0.00120. The fraction of sp³-hybridized carbons (Fsp3) is 0.875. The van der Waals surface area contributed by atoms with Crippen molar-refractivity contribution in [2.75, 3.05) is 13.2 Å². The van der Waals surface area contributed by atoms with Crippen LogP contribution in [0.25, 0.3) is 0 Å². The Kier molecular flexibility index (Phi) is 7.37. The van der Waals surface area contributed by atoms with E-state index in [9.17, 15) is 9.59 Å². The molecule has 0 aliphatic heterocycles. The van der Waals surface area contributed by atoms with Gasteiger partial charge in [-0.25, -0.2) is 0 Å². The van der Waals surface area contributed by atoms with E-state index in [-0.39, 0.29) is 29.4 Å². The lowest BCUT2D eigenvalue weighted by atomic mass is 9.91. The molecule has 0 aromatic rings. The van der Waals surface area contributed by atoms with Crippen LogP contribution in [0.2, 0.25) is 0 Å². The van der Waals surface area contributed by atoms with E-state index < -0.39 is 6.04 Å². The highest BCUT2D eigenvalue weighted by Crippen LogP contribution is 2.29. The molecule has 0 rings (SSSR count). The minimum Gasteiger partial charge on any atom is -0.466 e. The highest BCUT2D eigenvalue weighted by Gasteiger charge is 2.42. The van der Waals surface area contributed by atoms with Gasteiger partial charge in [-0.05, 0) is 55.4 Å². The molecule has 0 aliphatic carbocycles. The van der Waals surface area contributed by atoms with Gasteiger partial charge in [-0.2, -0.15) is 0 Å². The van der Waals surface area contributed by atoms with Crippen molar-refractivity contribution < 1.29 is 19.1 Å². The largest absolute Gasteiger partial charge is 0.466 e. The Morgan fingerprint density at radius 2 is 1.33 bits per heavy atom. The first-order valence-corrected chi connectivity index (χ1v) is 7.56. The maximum Gasteiger partial charge on any atom is 0.323 e. The highest BCUT2D eigenvalue weighted by atomic mass is 16.5.